The SMILES string of the molecule is CC(O)c1ccc(Oc2ccc(Cl)c(F)c2)cc1Br. The maximum Gasteiger partial charge on any atom is 0.145 e. The molecule has 100 valence electrons. The Morgan fingerprint density at radius 3 is 2.42 bits per heavy atom. The van der Waals surface area contributed by atoms with Gasteiger partial charge in [0.15, 0.2) is 0 Å². The largest absolute Gasteiger partial charge is 0.457 e. The van der Waals surface area contributed by atoms with Crippen molar-refractivity contribution in [3.8, 4) is 11.5 Å². The minimum Gasteiger partial charge on any atom is -0.457 e. The van der Waals surface area contributed by atoms with E-state index in [4.69, 9.17) is 16.3 Å². The lowest BCUT2D eigenvalue weighted by Crippen LogP contribution is -1.93. The van der Waals surface area contributed by atoms with Crippen LogP contribution in [0.25, 0.3) is 0 Å². The quantitative estimate of drug-likeness (QED) is 0.840. The van der Waals surface area contributed by atoms with Gasteiger partial charge >= 0.3 is 0 Å². The third-order valence-electron chi connectivity index (χ3n) is 2.55. The highest BCUT2D eigenvalue weighted by atomic mass is 79.9. The lowest BCUT2D eigenvalue weighted by Gasteiger charge is -2.11. The fraction of sp³-hybridized carbons (Fsp3) is 0.143. The van der Waals surface area contributed by atoms with Crippen LogP contribution in [-0.2, 0) is 0 Å². The van der Waals surface area contributed by atoms with Crippen LogP contribution in [0.4, 0.5) is 4.39 Å². The summed E-state index contributed by atoms with van der Waals surface area (Å²) in [5, 5.41) is 9.57. The number of hydrogen-bond acceptors (Lipinski definition) is 2. The first-order valence-corrected chi connectivity index (χ1v) is 6.75. The lowest BCUT2D eigenvalue weighted by molar-refractivity contribution is 0.198. The molecule has 0 aliphatic heterocycles. The maximum absolute atomic E-state index is 13.3. The van der Waals surface area contributed by atoms with Crippen LogP contribution in [0.5, 0.6) is 11.5 Å². The van der Waals surface area contributed by atoms with E-state index in [0.29, 0.717) is 11.5 Å². The molecule has 0 saturated heterocycles. The molecule has 0 bridgehead atoms. The zero-order chi connectivity index (χ0) is 14.0. The zero-order valence-corrected chi connectivity index (χ0v) is 12.4. The van der Waals surface area contributed by atoms with Gasteiger partial charge in [0.2, 0.25) is 0 Å². The van der Waals surface area contributed by atoms with Gasteiger partial charge in [-0.05, 0) is 36.8 Å². The maximum atomic E-state index is 13.3. The molecule has 19 heavy (non-hydrogen) atoms. The molecule has 2 aromatic carbocycles. The van der Waals surface area contributed by atoms with Crippen molar-refractivity contribution in [1.82, 2.24) is 0 Å². The molecular formula is C14H11BrClFO2. The van der Waals surface area contributed by atoms with Gasteiger partial charge in [-0.15, -0.1) is 0 Å². The molecule has 2 aromatic rings. The number of benzene rings is 2. The van der Waals surface area contributed by atoms with Crippen LogP contribution in [0, 0.1) is 5.82 Å². The predicted octanol–water partition coefficient (Wildman–Crippen LogP) is 5.09. The van der Waals surface area contributed by atoms with E-state index in [1.165, 1.54) is 12.1 Å². The third-order valence-corrected chi connectivity index (χ3v) is 3.54. The average molecular weight is 346 g/mol. The molecule has 1 atom stereocenters. The van der Waals surface area contributed by atoms with Crippen molar-refractivity contribution in [2.45, 2.75) is 13.0 Å². The number of aliphatic hydroxyl groups is 1. The van der Waals surface area contributed by atoms with Crippen molar-refractivity contribution in [3.05, 3.63) is 57.3 Å². The second kappa shape index (κ2) is 5.90. The van der Waals surface area contributed by atoms with Gasteiger partial charge in [-0.1, -0.05) is 33.6 Å². The van der Waals surface area contributed by atoms with Gasteiger partial charge in [0, 0.05) is 10.5 Å². The Morgan fingerprint density at radius 1 is 1.21 bits per heavy atom. The molecule has 0 spiro atoms. The number of aliphatic hydroxyl groups excluding tert-OH is 1. The Kier molecular flexibility index (Phi) is 4.45. The first-order valence-electron chi connectivity index (χ1n) is 5.58. The Bertz CT molecular complexity index is 602. The molecule has 0 amide bonds. The fourth-order valence-corrected chi connectivity index (χ4v) is 2.39. The third kappa shape index (κ3) is 3.47. The standard InChI is InChI=1S/C14H11BrClFO2/c1-8(18)11-4-2-9(6-12(11)15)19-10-3-5-13(16)14(17)7-10/h2-8,18H,1H3. The summed E-state index contributed by atoms with van der Waals surface area (Å²) in [7, 11) is 0. The molecule has 0 aromatic heterocycles. The molecule has 0 saturated carbocycles. The summed E-state index contributed by atoms with van der Waals surface area (Å²) in [6, 6.07) is 9.41. The topological polar surface area (TPSA) is 29.5 Å². The molecule has 0 fully saturated rings. The van der Waals surface area contributed by atoms with Crippen molar-refractivity contribution in [1.29, 1.82) is 0 Å². The van der Waals surface area contributed by atoms with Crippen LogP contribution in [0.1, 0.15) is 18.6 Å². The first kappa shape index (κ1) is 14.3. The van der Waals surface area contributed by atoms with Gasteiger partial charge in [0.1, 0.15) is 17.3 Å². The van der Waals surface area contributed by atoms with Gasteiger partial charge in [-0.2, -0.15) is 0 Å². The van der Waals surface area contributed by atoms with Crippen molar-refractivity contribution < 1.29 is 14.2 Å². The highest BCUT2D eigenvalue weighted by Crippen LogP contribution is 2.31. The molecule has 2 rings (SSSR count). The first-order chi connectivity index (χ1) is 8.97. The summed E-state index contributed by atoms with van der Waals surface area (Å²) in [6.45, 7) is 1.68. The van der Waals surface area contributed by atoms with Crippen LogP contribution in [0.2, 0.25) is 5.02 Å². The molecule has 0 aliphatic carbocycles. The lowest BCUT2D eigenvalue weighted by atomic mass is 10.1. The second-order valence-electron chi connectivity index (χ2n) is 4.04. The summed E-state index contributed by atoms with van der Waals surface area (Å²) < 4.78 is 19.5. The molecular weight excluding hydrogens is 335 g/mol. The van der Waals surface area contributed by atoms with Crippen molar-refractivity contribution in [3.63, 3.8) is 0 Å². The number of rotatable bonds is 3. The van der Waals surface area contributed by atoms with E-state index in [0.717, 1.165) is 10.0 Å². The van der Waals surface area contributed by atoms with Gasteiger partial charge in [-0.3, -0.25) is 0 Å². The minimum absolute atomic E-state index is 0.0537. The minimum atomic E-state index is -0.573. The Labute approximate surface area is 123 Å². The summed E-state index contributed by atoms with van der Waals surface area (Å²) >= 11 is 8.95. The Balaban J connectivity index is 2.24. The molecule has 5 heteroatoms. The molecule has 0 radical (unpaired) electrons. The zero-order valence-electron chi connectivity index (χ0n) is 10.0. The predicted molar refractivity (Wildman–Crippen MR) is 76.3 cm³/mol. The monoisotopic (exact) mass is 344 g/mol. The molecule has 0 heterocycles. The van der Waals surface area contributed by atoms with Crippen molar-refractivity contribution >= 4 is 27.5 Å². The van der Waals surface area contributed by atoms with Crippen molar-refractivity contribution in [2.75, 3.05) is 0 Å². The van der Waals surface area contributed by atoms with E-state index in [2.05, 4.69) is 15.9 Å². The molecule has 1 unspecified atom stereocenters. The van der Waals surface area contributed by atoms with Crippen LogP contribution < -0.4 is 4.74 Å². The van der Waals surface area contributed by atoms with Crippen LogP contribution in [0.3, 0.4) is 0 Å². The van der Waals surface area contributed by atoms with Crippen LogP contribution >= 0.6 is 27.5 Å². The summed E-state index contributed by atoms with van der Waals surface area (Å²) in [4.78, 5) is 0. The molecule has 1 N–H and O–H groups in total. The normalized spacial score (nSPS) is 12.3. The average Bonchev–Trinajstić information content (AvgIpc) is 2.33. The highest BCUT2D eigenvalue weighted by molar-refractivity contribution is 9.10. The van der Waals surface area contributed by atoms with Gasteiger partial charge in [-0.25, -0.2) is 4.39 Å². The van der Waals surface area contributed by atoms with E-state index < -0.39 is 11.9 Å². The van der Waals surface area contributed by atoms with Crippen LogP contribution in [0.15, 0.2) is 40.9 Å². The fourth-order valence-electron chi connectivity index (χ4n) is 1.59. The van der Waals surface area contributed by atoms with Crippen molar-refractivity contribution in [2.24, 2.45) is 0 Å². The summed E-state index contributed by atoms with van der Waals surface area (Å²) in [5.41, 5.74) is 0.759. The van der Waals surface area contributed by atoms with E-state index in [9.17, 15) is 9.50 Å². The number of halogens is 3. The number of hydrogen-bond donors (Lipinski definition) is 1. The molecule has 2 nitrogen and oxygen atoms in total. The van der Waals surface area contributed by atoms with E-state index in [1.54, 1.807) is 31.2 Å². The Morgan fingerprint density at radius 2 is 1.84 bits per heavy atom. The molecule has 0 aliphatic rings. The van der Waals surface area contributed by atoms with E-state index in [1.807, 2.05) is 0 Å². The van der Waals surface area contributed by atoms with Gasteiger partial charge < -0.3 is 9.84 Å². The van der Waals surface area contributed by atoms with Gasteiger partial charge in [0.25, 0.3) is 0 Å². The van der Waals surface area contributed by atoms with Crippen LogP contribution in [-0.4, -0.2) is 5.11 Å². The van der Waals surface area contributed by atoms with E-state index >= 15 is 0 Å². The van der Waals surface area contributed by atoms with Gasteiger partial charge in [0.05, 0.1) is 11.1 Å². The smallest absolute Gasteiger partial charge is 0.145 e. The Hall–Kier alpha value is -1.10. The second-order valence-corrected chi connectivity index (χ2v) is 5.30. The highest BCUT2D eigenvalue weighted by Gasteiger charge is 2.08. The summed E-state index contributed by atoms with van der Waals surface area (Å²) in [5.74, 6) is 0.371. The number of ether oxygens (including phenoxy) is 1. The van der Waals surface area contributed by atoms with E-state index in [-0.39, 0.29) is 5.02 Å². The summed E-state index contributed by atoms with van der Waals surface area (Å²) in [6.07, 6.45) is -0.573.